The third kappa shape index (κ3) is 3.10. The summed E-state index contributed by atoms with van der Waals surface area (Å²) >= 11 is 0. The first-order chi connectivity index (χ1) is 11.6. The van der Waals surface area contributed by atoms with Gasteiger partial charge in [-0.1, -0.05) is 0 Å². The first kappa shape index (κ1) is 15.7. The summed E-state index contributed by atoms with van der Waals surface area (Å²) in [4.78, 5) is 15.6. The number of aromatic nitrogens is 3. The van der Waals surface area contributed by atoms with Crippen LogP contribution in [0, 0.1) is 5.82 Å². The van der Waals surface area contributed by atoms with Gasteiger partial charge in [0.2, 0.25) is 5.82 Å². The highest BCUT2D eigenvalue weighted by atomic mass is 19.1. The number of benzene rings is 2. The number of rotatable bonds is 5. The van der Waals surface area contributed by atoms with Crippen molar-refractivity contribution < 1.29 is 13.9 Å². The van der Waals surface area contributed by atoms with Gasteiger partial charge in [0.25, 0.3) is 5.91 Å². The minimum atomic E-state index is -0.733. The number of hydrogen-bond donors (Lipinski definition) is 1. The van der Waals surface area contributed by atoms with Crippen LogP contribution in [0.15, 0.2) is 48.5 Å². The molecule has 24 heavy (non-hydrogen) atoms. The van der Waals surface area contributed by atoms with Gasteiger partial charge in [0.15, 0.2) is 5.82 Å². The molecule has 0 radical (unpaired) electrons. The lowest BCUT2D eigenvalue weighted by molar-refractivity contribution is 0.0990. The fourth-order valence-electron chi connectivity index (χ4n) is 2.23. The van der Waals surface area contributed by atoms with Crippen molar-refractivity contribution in [2.24, 2.45) is 5.73 Å². The normalized spacial score (nSPS) is 10.6. The maximum Gasteiger partial charge on any atom is 0.288 e. The fraction of sp³-hybridized carbons (Fsp3) is 0.118. The van der Waals surface area contributed by atoms with E-state index in [1.165, 1.54) is 16.8 Å². The molecule has 3 rings (SSSR count). The smallest absolute Gasteiger partial charge is 0.288 e. The second-order valence-corrected chi connectivity index (χ2v) is 4.97. The summed E-state index contributed by atoms with van der Waals surface area (Å²) in [5.41, 5.74) is 6.58. The third-order valence-corrected chi connectivity index (χ3v) is 3.32. The number of hydrogen-bond acceptors (Lipinski definition) is 4. The Hall–Kier alpha value is -3.22. The monoisotopic (exact) mass is 326 g/mol. The molecular weight excluding hydrogens is 311 g/mol. The number of nitrogens with zero attached hydrogens (tertiary/aromatic N) is 3. The molecule has 122 valence electrons. The first-order valence-electron chi connectivity index (χ1n) is 7.34. The highest BCUT2D eigenvalue weighted by Gasteiger charge is 2.17. The van der Waals surface area contributed by atoms with Gasteiger partial charge in [-0.25, -0.2) is 14.1 Å². The van der Waals surface area contributed by atoms with Crippen LogP contribution in [0.3, 0.4) is 0 Å². The summed E-state index contributed by atoms with van der Waals surface area (Å²) in [5, 5.41) is 4.15. The molecule has 6 nitrogen and oxygen atoms in total. The zero-order valence-corrected chi connectivity index (χ0v) is 12.9. The highest BCUT2D eigenvalue weighted by Crippen LogP contribution is 2.23. The van der Waals surface area contributed by atoms with Gasteiger partial charge in [0.1, 0.15) is 11.6 Å². The van der Waals surface area contributed by atoms with Crippen LogP contribution in [0.25, 0.3) is 17.1 Å². The van der Waals surface area contributed by atoms with Crippen LogP contribution >= 0.6 is 0 Å². The predicted octanol–water partition coefficient (Wildman–Crippen LogP) is 2.57. The molecule has 0 aliphatic carbocycles. The van der Waals surface area contributed by atoms with Gasteiger partial charge in [0.05, 0.1) is 12.3 Å². The first-order valence-corrected chi connectivity index (χ1v) is 7.34. The molecule has 3 aromatic rings. The highest BCUT2D eigenvalue weighted by molar-refractivity contribution is 5.89. The summed E-state index contributed by atoms with van der Waals surface area (Å²) < 4.78 is 20.0. The van der Waals surface area contributed by atoms with E-state index >= 15 is 0 Å². The van der Waals surface area contributed by atoms with E-state index in [0.29, 0.717) is 23.7 Å². The lowest BCUT2D eigenvalue weighted by Crippen LogP contribution is -2.13. The van der Waals surface area contributed by atoms with E-state index in [9.17, 15) is 9.18 Å². The SMILES string of the molecule is CCOc1ccc(-n2nc(C(N)=O)nc2-c2ccc(F)cc2)cc1. The zero-order chi connectivity index (χ0) is 17.1. The van der Waals surface area contributed by atoms with E-state index in [4.69, 9.17) is 10.5 Å². The molecule has 1 amide bonds. The van der Waals surface area contributed by atoms with E-state index < -0.39 is 5.91 Å². The van der Waals surface area contributed by atoms with Gasteiger partial charge in [-0.05, 0) is 55.5 Å². The Kier molecular flexibility index (Phi) is 4.24. The van der Waals surface area contributed by atoms with Crippen molar-refractivity contribution >= 4 is 5.91 Å². The van der Waals surface area contributed by atoms with Crippen molar-refractivity contribution in [3.05, 3.63) is 60.2 Å². The second-order valence-electron chi connectivity index (χ2n) is 4.97. The molecule has 0 saturated heterocycles. The number of halogens is 1. The Labute approximate surface area is 137 Å². The molecule has 1 heterocycles. The average molecular weight is 326 g/mol. The molecule has 2 N–H and O–H groups in total. The molecular formula is C17H15FN4O2. The Morgan fingerprint density at radius 1 is 1.17 bits per heavy atom. The van der Waals surface area contributed by atoms with Gasteiger partial charge < -0.3 is 10.5 Å². The van der Waals surface area contributed by atoms with Crippen molar-refractivity contribution in [1.29, 1.82) is 0 Å². The Morgan fingerprint density at radius 3 is 2.42 bits per heavy atom. The zero-order valence-electron chi connectivity index (χ0n) is 12.9. The summed E-state index contributed by atoms with van der Waals surface area (Å²) in [6.07, 6.45) is 0. The van der Waals surface area contributed by atoms with Gasteiger partial charge in [-0.3, -0.25) is 4.79 Å². The molecule has 0 unspecified atom stereocenters. The van der Waals surface area contributed by atoms with Crippen LogP contribution in [0.4, 0.5) is 4.39 Å². The van der Waals surface area contributed by atoms with E-state index in [1.807, 2.05) is 6.92 Å². The Bertz CT molecular complexity index is 857. The van der Waals surface area contributed by atoms with Gasteiger partial charge in [-0.15, -0.1) is 5.10 Å². The van der Waals surface area contributed by atoms with Gasteiger partial charge in [0, 0.05) is 5.56 Å². The Balaban J connectivity index is 2.08. The maximum absolute atomic E-state index is 13.1. The van der Waals surface area contributed by atoms with Crippen molar-refractivity contribution in [2.75, 3.05) is 6.61 Å². The van der Waals surface area contributed by atoms with Gasteiger partial charge in [-0.2, -0.15) is 0 Å². The molecule has 0 atom stereocenters. The number of ether oxygens (including phenoxy) is 1. The van der Waals surface area contributed by atoms with Crippen LogP contribution in [-0.4, -0.2) is 27.3 Å². The van der Waals surface area contributed by atoms with Crippen LogP contribution in [0.5, 0.6) is 5.75 Å². The van der Waals surface area contributed by atoms with Crippen molar-refractivity contribution in [2.45, 2.75) is 6.92 Å². The minimum Gasteiger partial charge on any atom is -0.494 e. The minimum absolute atomic E-state index is 0.108. The van der Waals surface area contributed by atoms with Crippen LogP contribution < -0.4 is 10.5 Å². The Morgan fingerprint density at radius 2 is 1.83 bits per heavy atom. The lowest BCUT2D eigenvalue weighted by Gasteiger charge is -2.07. The van der Waals surface area contributed by atoms with Crippen LogP contribution in [-0.2, 0) is 0 Å². The third-order valence-electron chi connectivity index (χ3n) is 3.32. The van der Waals surface area contributed by atoms with E-state index in [1.54, 1.807) is 36.4 Å². The number of carbonyl (C=O) groups excluding carboxylic acids is 1. The molecule has 0 bridgehead atoms. The number of nitrogens with two attached hydrogens (primary N) is 1. The van der Waals surface area contributed by atoms with E-state index in [0.717, 1.165) is 5.75 Å². The summed E-state index contributed by atoms with van der Waals surface area (Å²) in [7, 11) is 0. The quantitative estimate of drug-likeness (QED) is 0.781. The van der Waals surface area contributed by atoms with Crippen LogP contribution in [0.2, 0.25) is 0 Å². The number of primary amides is 1. The standard InChI is InChI=1S/C17H15FN4O2/c1-2-24-14-9-7-13(8-10-14)22-17(20-16(21-22)15(19)23)11-3-5-12(18)6-4-11/h3-10H,2H2,1H3,(H2,19,23). The maximum atomic E-state index is 13.1. The molecule has 0 aliphatic rings. The van der Waals surface area contributed by atoms with Crippen molar-refractivity contribution in [3.8, 4) is 22.8 Å². The molecule has 0 aliphatic heterocycles. The molecule has 2 aromatic carbocycles. The van der Waals surface area contributed by atoms with Gasteiger partial charge >= 0.3 is 0 Å². The molecule has 0 fully saturated rings. The topological polar surface area (TPSA) is 83.0 Å². The number of amides is 1. The van der Waals surface area contributed by atoms with E-state index in [-0.39, 0.29) is 11.6 Å². The molecule has 0 saturated carbocycles. The second kappa shape index (κ2) is 6.49. The molecule has 7 heteroatoms. The van der Waals surface area contributed by atoms with Crippen molar-refractivity contribution in [3.63, 3.8) is 0 Å². The molecule has 0 spiro atoms. The fourth-order valence-corrected chi connectivity index (χ4v) is 2.23. The summed E-state index contributed by atoms with van der Waals surface area (Å²) in [6.45, 7) is 2.46. The predicted molar refractivity (Wildman–Crippen MR) is 86.4 cm³/mol. The van der Waals surface area contributed by atoms with Crippen LogP contribution in [0.1, 0.15) is 17.5 Å². The van der Waals surface area contributed by atoms with Crippen molar-refractivity contribution in [1.82, 2.24) is 14.8 Å². The molecule has 1 aromatic heterocycles. The summed E-state index contributed by atoms with van der Waals surface area (Å²) in [5.74, 6) is -0.0833. The summed E-state index contributed by atoms with van der Waals surface area (Å²) in [6, 6.07) is 12.9. The largest absolute Gasteiger partial charge is 0.494 e. The number of carbonyl (C=O) groups is 1. The average Bonchev–Trinajstić information content (AvgIpc) is 3.02. The van der Waals surface area contributed by atoms with E-state index in [2.05, 4.69) is 10.1 Å². The lowest BCUT2D eigenvalue weighted by atomic mass is 10.2.